The van der Waals surface area contributed by atoms with Gasteiger partial charge >= 0.3 is 0 Å². The number of benzene rings is 2. The van der Waals surface area contributed by atoms with E-state index in [1.54, 1.807) is 23.2 Å². The number of hydrogen-bond donors (Lipinski definition) is 1. The zero-order valence-corrected chi connectivity index (χ0v) is 11.7. The van der Waals surface area contributed by atoms with Crippen LogP contribution >= 0.6 is 34.8 Å². The van der Waals surface area contributed by atoms with Gasteiger partial charge in [0.15, 0.2) is 0 Å². The summed E-state index contributed by atoms with van der Waals surface area (Å²) in [6.45, 7) is 0.540. The predicted molar refractivity (Wildman–Crippen MR) is 78.3 cm³/mol. The van der Waals surface area contributed by atoms with Crippen molar-refractivity contribution in [2.45, 2.75) is 6.54 Å². The van der Waals surface area contributed by atoms with E-state index in [0.717, 1.165) is 11.3 Å². The Labute approximate surface area is 121 Å². The molecule has 0 heterocycles. The van der Waals surface area contributed by atoms with Crippen molar-refractivity contribution in [3.8, 4) is 0 Å². The topological polar surface area (TPSA) is 29.3 Å². The SMILES string of the molecule is NN(Cc1ccc(Cl)cc1)c1ccc(Cl)cc1Cl. The third-order valence-electron chi connectivity index (χ3n) is 2.49. The van der Waals surface area contributed by atoms with Crippen molar-refractivity contribution in [2.24, 2.45) is 5.84 Å². The molecule has 0 amide bonds. The van der Waals surface area contributed by atoms with E-state index in [-0.39, 0.29) is 0 Å². The first kappa shape index (κ1) is 13.5. The Hall–Kier alpha value is -0.930. The molecule has 2 rings (SSSR count). The van der Waals surface area contributed by atoms with E-state index in [4.69, 9.17) is 40.6 Å². The van der Waals surface area contributed by atoms with Crippen molar-refractivity contribution in [2.75, 3.05) is 5.01 Å². The molecule has 2 N–H and O–H groups in total. The first-order chi connectivity index (χ1) is 8.56. The number of hydrogen-bond acceptors (Lipinski definition) is 2. The standard InChI is InChI=1S/C13H11Cl3N2/c14-10-3-1-9(2-4-10)8-18(17)13-6-5-11(15)7-12(13)16/h1-7H,8,17H2. The van der Waals surface area contributed by atoms with Crippen LogP contribution in [0, 0.1) is 0 Å². The molecule has 2 aromatic carbocycles. The van der Waals surface area contributed by atoms with E-state index in [2.05, 4.69) is 0 Å². The number of halogens is 3. The quantitative estimate of drug-likeness (QED) is 0.667. The Kier molecular flexibility index (Phi) is 4.36. The van der Waals surface area contributed by atoms with Gasteiger partial charge in [-0.3, -0.25) is 0 Å². The van der Waals surface area contributed by atoms with E-state index in [9.17, 15) is 0 Å². The normalized spacial score (nSPS) is 10.4. The minimum atomic E-state index is 0.527. The maximum absolute atomic E-state index is 6.09. The fourth-order valence-corrected chi connectivity index (χ4v) is 2.23. The molecular weight excluding hydrogens is 291 g/mol. The Balaban J connectivity index is 2.16. The molecular formula is C13H11Cl3N2. The highest BCUT2D eigenvalue weighted by molar-refractivity contribution is 6.36. The zero-order chi connectivity index (χ0) is 13.1. The lowest BCUT2D eigenvalue weighted by Crippen LogP contribution is -2.30. The summed E-state index contributed by atoms with van der Waals surface area (Å²) in [5.74, 6) is 5.99. The Bertz CT molecular complexity index is 540. The molecule has 0 saturated carbocycles. The minimum Gasteiger partial charge on any atom is -0.305 e. The van der Waals surface area contributed by atoms with Gasteiger partial charge in [-0.1, -0.05) is 46.9 Å². The maximum atomic E-state index is 6.09. The fourth-order valence-electron chi connectivity index (χ4n) is 1.59. The molecule has 0 atom stereocenters. The molecule has 0 saturated heterocycles. The first-order valence-electron chi connectivity index (χ1n) is 5.28. The second-order valence-electron chi connectivity index (χ2n) is 3.85. The Morgan fingerprint density at radius 2 is 1.50 bits per heavy atom. The van der Waals surface area contributed by atoms with E-state index in [0.29, 0.717) is 21.6 Å². The molecule has 0 spiro atoms. The summed E-state index contributed by atoms with van der Waals surface area (Å²) in [6.07, 6.45) is 0. The Morgan fingerprint density at radius 1 is 0.889 bits per heavy atom. The van der Waals surface area contributed by atoms with Gasteiger partial charge in [0.1, 0.15) is 0 Å². The van der Waals surface area contributed by atoms with Crippen molar-refractivity contribution in [3.05, 3.63) is 63.1 Å². The average molecular weight is 302 g/mol. The van der Waals surface area contributed by atoms with Crippen LogP contribution in [0.4, 0.5) is 5.69 Å². The number of rotatable bonds is 3. The van der Waals surface area contributed by atoms with Crippen LogP contribution in [0.3, 0.4) is 0 Å². The van der Waals surface area contributed by atoms with Crippen molar-refractivity contribution >= 4 is 40.5 Å². The minimum absolute atomic E-state index is 0.527. The zero-order valence-electron chi connectivity index (χ0n) is 9.41. The summed E-state index contributed by atoms with van der Waals surface area (Å²) in [6, 6.07) is 12.7. The van der Waals surface area contributed by atoms with Gasteiger partial charge in [-0.15, -0.1) is 0 Å². The lowest BCUT2D eigenvalue weighted by Gasteiger charge is -2.20. The molecule has 0 fully saturated rings. The molecule has 0 aliphatic carbocycles. The summed E-state index contributed by atoms with van der Waals surface area (Å²) >= 11 is 17.8. The molecule has 2 nitrogen and oxygen atoms in total. The van der Waals surface area contributed by atoms with Gasteiger partial charge in [-0.2, -0.15) is 0 Å². The van der Waals surface area contributed by atoms with Gasteiger partial charge in [-0.25, -0.2) is 5.84 Å². The van der Waals surface area contributed by atoms with E-state index >= 15 is 0 Å². The van der Waals surface area contributed by atoms with Gasteiger partial charge in [0.25, 0.3) is 0 Å². The molecule has 0 aliphatic heterocycles. The van der Waals surface area contributed by atoms with Crippen molar-refractivity contribution in [3.63, 3.8) is 0 Å². The second kappa shape index (κ2) is 5.81. The maximum Gasteiger partial charge on any atom is 0.0708 e. The lowest BCUT2D eigenvalue weighted by atomic mass is 10.2. The van der Waals surface area contributed by atoms with E-state index in [1.807, 2.05) is 24.3 Å². The summed E-state index contributed by atoms with van der Waals surface area (Å²) in [4.78, 5) is 0. The van der Waals surface area contributed by atoms with Crippen LogP contribution in [-0.4, -0.2) is 0 Å². The highest BCUT2D eigenvalue weighted by Crippen LogP contribution is 2.28. The summed E-state index contributed by atoms with van der Waals surface area (Å²) in [5.41, 5.74) is 1.78. The molecule has 0 aromatic heterocycles. The highest BCUT2D eigenvalue weighted by atomic mass is 35.5. The smallest absolute Gasteiger partial charge is 0.0708 e. The number of nitrogens with zero attached hydrogens (tertiary/aromatic N) is 1. The van der Waals surface area contributed by atoms with Crippen LogP contribution in [-0.2, 0) is 6.54 Å². The molecule has 18 heavy (non-hydrogen) atoms. The van der Waals surface area contributed by atoms with Gasteiger partial charge in [0, 0.05) is 10.0 Å². The molecule has 94 valence electrons. The van der Waals surface area contributed by atoms with Crippen LogP contribution in [0.25, 0.3) is 0 Å². The van der Waals surface area contributed by atoms with Crippen LogP contribution in [0.2, 0.25) is 15.1 Å². The average Bonchev–Trinajstić information content (AvgIpc) is 2.32. The number of anilines is 1. The second-order valence-corrected chi connectivity index (χ2v) is 5.13. The first-order valence-corrected chi connectivity index (χ1v) is 6.41. The molecule has 0 aliphatic rings. The van der Waals surface area contributed by atoms with Crippen molar-refractivity contribution < 1.29 is 0 Å². The van der Waals surface area contributed by atoms with Crippen LogP contribution in [0.5, 0.6) is 0 Å². The lowest BCUT2D eigenvalue weighted by molar-refractivity contribution is 0.853. The number of hydrazine groups is 1. The Morgan fingerprint density at radius 3 is 2.11 bits per heavy atom. The molecule has 0 bridgehead atoms. The third kappa shape index (κ3) is 3.30. The highest BCUT2D eigenvalue weighted by Gasteiger charge is 2.07. The van der Waals surface area contributed by atoms with E-state index in [1.165, 1.54) is 0 Å². The van der Waals surface area contributed by atoms with Gasteiger partial charge < -0.3 is 5.01 Å². The largest absolute Gasteiger partial charge is 0.305 e. The van der Waals surface area contributed by atoms with Crippen LogP contribution < -0.4 is 10.9 Å². The molecule has 0 radical (unpaired) electrons. The summed E-state index contributed by atoms with van der Waals surface area (Å²) in [7, 11) is 0. The van der Waals surface area contributed by atoms with Crippen molar-refractivity contribution in [1.82, 2.24) is 0 Å². The van der Waals surface area contributed by atoms with Gasteiger partial charge in [0.05, 0.1) is 17.3 Å². The summed E-state index contributed by atoms with van der Waals surface area (Å²) < 4.78 is 0. The number of nitrogens with two attached hydrogens (primary N) is 1. The molecule has 5 heteroatoms. The van der Waals surface area contributed by atoms with Crippen molar-refractivity contribution in [1.29, 1.82) is 0 Å². The van der Waals surface area contributed by atoms with Crippen LogP contribution in [0.15, 0.2) is 42.5 Å². The molecule has 0 unspecified atom stereocenters. The van der Waals surface area contributed by atoms with Crippen LogP contribution in [0.1, 0.15) is 5.56 Å². The molecule has 2 aromatic rings. The van der Waals surface area contributed by atoms with E-state index < -0.39 is 0 Å². The van der Waals surface area contributed by atoms with Gasteiger partial charge in [-0.05, 0) is 35.9 Å². The van der Waals surface area contributed by atoms with Gasteiger partial charge in [0.2, 0.25) is 0 Å². The monoisotopic (exact) mass is 300 g/mol. The predicted octanol–water partition coefficient (Wildman–Crippen LogP) is 4.53. The third-order valence-corrected chi connectivity index (χ3v) is 3.28. The fraction of sp³-hybridized carbons (Fsp3) is 0.0769. The summed E-state index contributed by atoms with van der Waals surface area (Å²) in [5, 5.41) is 3.39.